The van der Waals surface area contributed by atoms with Gasteiger partial charge in [0.2, 0.25) is 5.91 Å². The summed E-state index contributed by atoms with van der Waals surface area (Å²) < 4.78 is 5.52. The van der Waals surface area contributed by atoms with Crippen molar-refractivity contribution in [3.63, 3.8) is 0 Å². The van der Waals surface area contributed by atoms with Gasteiger partial charge in [-0.25, -0.2) is 0 Å². The van der Waals surface area contributed by atoms with Crippen LogP contribution in [0.15, 0.2) is 24.3 Å². The molecule has 4 nitrogen and oxygen atoms in total. The highest BCUT2D eigenvalue weighted by Gasteiger charge is 2.44. The first-order valence-corrected chi connectivity index (χ1v) is 8.44. The van der Waals surface area contributed by atoms with Crippen molar-refractivity contribution in [1.82, 2.24) is 10.2 Å². The lowest BCUT2D eigenvalue weighted by molar-refractivity contribution is -0.141. The zero-order valence-corrected chi connectivity index (χ0v) is 13.6. The van der Waals surface area contributed by atoms with Crippen LogP contribution in [0.4, 0.5) is 0 Å². The Balaban J connectivity index is 1.92. The number of carbonyl (C=O) groups is 1. The number of amides is 1. The molecule has 0 bridgehead atoms. The van der Waals surface area contributed by atoms with Crippen molar-refractivity contribution >= 4 is 17.5 Å². The second-order valence-electron chi connectivity index (χ2n) is 6.10. The van der Waals surface area contributed by atoms with Gasteiger partial charge in [0, 0.05) is 37.9 Å². The quantitative estimate of drug-likeness (QED) is 0.907. The molecule has 0 atom stereocenters. The van der Waals surface area contributed by atoms with Crippen LogP contribution in [0.3, 0.4) is 0 Å². The van der Waals surface area contributed by atoms with E-state index in [1.54, 1.807) is 0 Å². The second-order valence-corrected chi connectivity index (χ2v) is 6.54. The minimum absolute atomic E-state index is 0.238. The summed E-state index contributed by atoms with van der Waals surface area (Å²) >= 11 is 6.18. The highest BCUT2D eigenvalue weighted by Crippen LogP contribution is 2.37. The number of halogens is 1. The van der Waals surface area contributed by atoms with Crippen molar-refractivity contribution in [3.05, 3.63) is 34.9 Å². The third-order valence-electron chi connectivity index (χ3n) is 4.76. The first-order chi connectivity index (χ1) is 10.7. The lowest BCUT2D eigenvalue weighted by Gasteiger charge is -2.40. The molecule has 0 aliphatic carbocycles. The molecule has 1 aromatic rings. The lowest BCUT2D eigenvalue weighted by atomic mass is 9.73. The summed E-state index contributed by atoms with van der Waals surface area (Å²) in [5, 5.41) is 4.05. The van der Waals surface area contributed by atoms with Gasteiger partial charge in [0.25, 0.3) is 0 Å². The van der Waals surface area contributed by atoms with Crippen molar-refractivity contribution in [1.29, 1.82) is 0 Å². The molecule has 1 N–H and O–H groups in total. The molecule has 1 aromatic carbocycles. The van der Waals surface area contributed by atoms with Gasteiger partial charge in [0.1, 0.15) is 0 Å². The van der Waals surface area contributed by atoms with Crippen molar-refractivity contribution in [2.24, 2.45) is 0 Å². The van der Waals surface area contributed by atoms with E-state index in [-0.39, 0.29) is 5.91 Å². The SMILES string of the molecule is O=C(N1CCCNCC1)C1(c2cccc(Cl)c2)CCOCC1. The van der Waals surface area contributed by atoms with E-state index in [2.05, 4.69) is 5.32 Å². The molecule has 2 aliphatic rings. The van der Waals surface area contributed by atoms with Crippen molar-refractivity contribution < 1.29 is 9.53 Å². The minimum atomic E-state index is -0.479. The Bertz CT molecular complexity index is 521. The number of nitrogens with zero attached hydrogens (tertiary/aromatic N) is 1. The zero-order valence-electron chi connectivity index (χ0n) is 12.8. The van der Waals surface area contributed by atoms with Gasteiger partial charge < -0.3 is 15.0 Å². The minimum Gasteiger partial charge on any atom is -0.381 e. The third kappa shape index (κ3) is 3.14. The van der Waals surface area contributed by atoms with E-state index in [4.69, 9.17) is 16.3 Å². The van der Waals surface area contributed by atoms with Gasteiger partial charge >= 0.3 is 0 Å². The lowest BCUT2D eigenvalue weighted by Crippen LogP contribution is -2.50. The molecule has 2 aliphatic heterocycles. The van der Waals surface area contributed by atoms with E-state index >= 15 is 0 Å². The van der Waals surface area contributed by atoms with Gasteiger partial charge in [-0.2, -0.15) is 0 Å². The molecule has 2 saturated heterocycles. The summed E-state index contributed by atoms with van der Waals surface area (Å²) in [7, 11) is 0. The van der Waals surface area contributed by atoms with Crippen LogP contribution in [0.2, 0.25) is 5.02 Å². The van der Waals surface area contributed by atoms with Crippen LogP contribution < -0.4 is 5.32 Å². The Morgan fingerprint density at radius 3 is 2.82 bits per heavy atom. The Morgan fingerprint density at radius 2 is 2.05 bits per heavy atom. The summed E-state index contributed by atoms with van der Waals surface area (Å²) in [6, 6.07) is 7.77. The molecule has 0 saturated carbocycles. The molecule has 2 heterocycles. The Kier molecular flexibility index (Phi) is 5.01. The van der Waals surface area contributed by atoms with Gasteiger partial charge in [0.15, 0.2) is 0 Å². The molecule has 5 heteroatoms. The highest BCUT2D eigenvalue weighted by molar-refractivity contribution is 6.30. The van der Waals surface area contributed by atoms with E-state index in [1.807, 2.05) is 29.2 Å². The average Bonchev–Trinajstić information content (AvgIpc) is 2.84. The predicted molar refractivity (Wildman–Crippen MR) is 87.2 cm³/mol. The topological polar surface area (TPSA) is 41.6 Å². The van der Waals surface area contributed by atoms with Crippen LogP contribution in [-0.2, 0) is 14.9 Å². The first kappa shape index (κ1) is 15.8. The molecule has 0 aromatic heterocycles. The van der Waals surface area contributed by atoms with E-state index in [0.29, 0.717) is 18.2 Å². The predicted octanol–water partition coefficient (Wildman–Crippen LogP) is 2.21. The number of hydrogen-bond donors (Lipinski definition) is 1. The first-order valence-electron chi connectivity index (χ1n) is 8.06. The van der Waals surface area contributed by atoms with Gasteiger partial charge in [-0.05, 0) is 43.5 Å². The zero-order chi connectivity index (χ0) is 15.4. The molecule has 2 fully saturated rings. The average molecular weight is 323 g/mol. The third-order valence-corrected chi connectivity index (χ3v) is 5.00. The maximum atomic E-state index is 13.3. The Hall–Kier alpha value is -1.10. The normalized spacial score (nSPS) is 22.1. The summed E-state index contributed by atoms with van der Waals surface area (Å²) in [5.41, 5.74) is 0.554. The Labute approximate surface area is 136 Å². The maximum Gasteiger partial charge on any atom is 0.233 e. The van der Waals surface area contributed by atoms with E-state index in [9.17, 15) is 4.79 Å². The summed E-state index contributed by atoms with van der Waals surface area (Å²) in [5.74, 6) is 0.238. The van der Waals surface area contributed by atoms with Gasteiger partial charge in [-0.1, -0.05) is 23.7 Å². The number of rotatable bonds is 2. The van der Waals surface area contributed by atoms with E-state index in [0.717, 1.165) is 51.0 Å². The molecule has 22 heavy (non-hydrogen) atoms. The van der Waals surface area contributed by atoms with E-state index in [1.165, 1.54) is 0 Å². The second kappa shape index (κ2) is 6.99. The van der Waals surface area contributed by atoms with Gasteiger partial charge in [-0.3, -0.25) is 4.79 Å². The standard InChI is InChI=1S/C17H23ClN2O2/c18-15-4-1-3-14(13-15)17(5-11-22-12-6-17)16(21)20-9-2-7-19-8-10-20/h1,3-4,13,19H,2,5-12H2. The fraction of sp³-hybridized carbons (Fsp3) is 0.588. The van der Waals surface area contributed by atoms with Crippen molar-refractivity contribution in [3.8, 4) is 0 Å². The van der Waals surface area contributed by atoms with Gasteiger partial charge in [0.05, 0.1) is 5.41 Å². The molecule has 0 spiro atoms. The summed E-state index contributed by atoms with van der Waals surface area (Å²) in [4.78, 5) is 15.4. The largest absolute Gasteiger partial charge is 0.381 e. The van der Waals surface area contributed by atoms with Crippen LogP contribution in [0.5, 0.6) is 0 Å². The van der Waals surface area contributed by atoms with Crippen LogP contribution in [0, 0.1) is 0 Å². The smallest absolute Gasteiger partial charge is 0.233 e. The fourth-order valence-corrected chi connectivity index (χ4v) is 3.67. The molecule has 1 amide bonds. The molecule has 120 valence electrons. The van der Waals surface area contributed by atoms with E-state index < -0.39 is 5.41 Å². The van der Waals surface area contributed by atoms with Crippen molar-refractivity contribution in [2.75, 3.05) is 39.4 Å². The van der Waals surface area contributed by atoms with Crippen molar-refractivity contribution in [2.45, 2.75) is 24.7 Å². The maximum absolute atomic E-state index is 13.3. The Morgan fingerprint density at radius 1 is 1.23 bits per heavy atom. The summed E-state index contributed by atoms with van der Waals surface area (Å²) in [6.07, 6.45) is 2.47. The number of ether oxygens (including phenoxy) is 1. The van der Waals surface area contributed by atoms with Crippen LogP contribution in [-0.4, -0.2) is 50.2 Å². The molecule has 0 unspecified atom stereocenters. The van der Waals surface area contributed by atoms with Gasteiger partial charge in [-0.15, -0.1) is 0 Å². The number of benzene rings is 1. The highest BCUT2D eigenvalue weighted by atomic mass is 35.5. The fourth-order valence-electron chi connectivity index (χ4n) is 3.48. The molecular formula is C17H23ClN2O2. The molecular weight excluding hydrogens is 300 g/mol. The number of carbonyl (C=O) groups excluding carboxylic acids is 1. The molecule has 3 rings (SSSR count). The number of hydrogen-bond acceptors (Lipinski definition) is 3. The van der Waals surface area contributed by atoms with Crippen LogP contribution >= 0.6 is 11.6 Å². The summed E-state index contributed by atoms with van der Waals surface area (Å²) in [6.45, 7) is 4.72. The molecule has 0 radical (unpaired) electrons. The van der Waals surface area contributed by atoms with Crippen LogP contribution in [0.25, 0.3) is 0 Å². The van der Waals surface area contributed by atoms with Crippen LogP contribution in [0.1, 0.15) is 24.8 Å². The monoisotopic (exact) mass is 322 g/mol. The number of nitrogens with one attached hydrogen (secondary N) is 1.